The highest BCUT2D eigenvalue weighted by molar-refractivity contribution is 9.11. The van der Waals surface area contributed by atoms with Crippen LogP contribution in [0.1, 0.15) is 25.6 Å². The average Bonchev–Trinajstić information content (AvgIpc) is 2.98. The smallest absolute Gasteiger partial charge is 0.138 e. The number of anilines is 1. The minimum absolute atomic E-state index is 0.626. The van der Waals surface area contributed by atoms with E-state index in [0.29, 0.717) is 6.04 Å². The van der Waals surface area contributed by atoms with Crippen molar-refractivity contribution in [1.29, 1.82) is 0 Å². The normalized spacial score (nSPS) is 15.6. The maximum atomic E-state index is 4.58. The van der Waals surface area contributed by atoms with Gasteiger partial charge >= 0.3 is 0 Å². The van der Waals surface area contributed by atoms with Gasteiger partial charge in [0.25, 0.3) is 0 Å². The molecule has 0 amide bonds. The van der Waals surface area contributed by atoms with Gasteiger partial charge in [-0.1, -0.05) is 6.92 Å². The van der Waals surface area contributed by atoms with Gasteiger partial charge in [-0.25, -0.2) is 9.97 Å². The summed E-state index contributed by atoms with van der Waals surface area (Å²) in [5.74, 6) is 1.93. The molecule has 0 unspecified atom stereocenters. The maximum absolute atomic E-state index is 4.58. The summed E-state index contributed by atoms with van der Waals surface area (Å²) in [6.45, 7) is 2.09. The van der Waals surface area contributed by atoms with E-state index in [9.17, 15) is 0 Å². The molecule has 1 fully saturated rings. The van der Waals surface area contributed by atoms with Gasteiger partial charge in [0.1, 0.15) is 16.5 Å². The first-order valence-electron chi connectivity index (χ1n) is 5.48. The minimum Gasteiger partial charge on any atom is -0.367 e. The zero-order valence-electron chi connectivity index (χ0n) is 8.96. The first kappa shape index (κ1) is 10.5. The lowest BCUT2D eigenvalue weighted by atomic mass is 10.3. The predicted octanol–water partition coefficient (Wildman–Crippen LogP) is 3.59. The number of aryl methyl sites for hydroxylation is 1. The Kier molecular flexibility index (Phi) is 2.59. The van der Waals surface area contributed by atoms with Crippen molar-refractivity contribution in [3.63, 3.8) is 0 Å². The van der Waals surface area contributed by atoms with Crippen molar-refractivity contribution in [2.24, 2.45) is 0 Å². The number of aromatic nitrogens is 2. The van der Waals surface area contributed by atoms with Crippen LogP contribution < -0.4 is 5.32 Å². The van der Waals surface area contributed by atoms with Crippen LogP contribution in [0.4, 0.5) is 5.82 Å². The Morgan fingerprint density at radius 1 is 1.50 bits per heavy atom. The monoisotopic (exact) mass is 297 g/mol. The molecule has 0 aromatic carbocycles. The van der Waals surface area contributed by atoms with Crippen LogP contribution in [0.3, 0.4) is 0 Å². The van der Waals surface area contributed by atoms with Crippen molar-refractivity contribution < 1.29 is 0 Å². The summed E-state index contributed by atoms with van der Waals surface area (Å²) in [5.41, 5.74) is 0. The number of halogens is 1. The summed E-state index contributed by atoms with van der Waals surface area (Å²) in [6, 6.07) is 2.73. The molecule has 2 aromatic heterocycles. The molecule has 1 aliphatic carbocycles. The summed E-state index contributed by atoms with van der Waals surface area (Å²) < 4.78 is 1.11. The van der Waals surface area contributed by atoms with Gasteiger partial charge in [-0.05, 0) is 34.8 Å². The molecule has 5 heteroatoms. The second kappa shape index (κ2) is 3.96. The van der Waals surface area contributed by atoms with Gasteiger partial charge < -0.3 is 5.32 Å². The zero-order valence-corrected chi connectivity index (χ0v) is 11.4. The molecule has 0 bridgehead atoms. The molecule has 1 N–H and O–H groups in total. The van der Waals surface area contributed by atoms with E-state index in [4.69, 9.17) is 0 Å². The number of nitrogens with one attached hydrogen (secondary N) is 1. The number of rotatable bonds is 3. The van der Waals surface area contributed by atoms with E-state index in [1.807, 2.05) is 0 Å². The van der Waals surface area contributed by atoms with Crippen LogP contribution in [0.2, 0.25) is 0 Å². The fourth-order valence-corrected chi connectivity index (χ4v) is 3.09. The SMILES string of the molecule is CCc1nc(NC2CC2)c2cc(Br)sc2n1. The lowest BCUT2D eigenvalue weighted by Gasteiger charge is -2.06. The van der Waals surface area contributed by atoms with Crippen LogP contribution in [0.15, 0.2) is 9.85 Å². The Morgan fingerprint density at radius 3 is 3.00 bits per heavy atom. The predicted molar refractivity (Wildman–Crippen MR) is 71.1 cm³/mol. The molecule has 0 spiro atoms. The van der Waals surface area contributed by atoms with Crippen LogP contribution in [-0.2, 0) is 6.42 Å². The largest absolute Gasteiger partial charge is 0.367 e. The lowest BCUT2D eigenvalue weighted by Crippen LogP contribution is -2.05. The van der Waals surface area contributed by atoms with Crippen molar-refractivity contribution in [3.05, 3.63) is 15.7 Å². The van der Waals surface area contributed by atoms with E-state index >= 15 is 0 Å². The topological polar surface area (TPSA) is 37.8 Å². The second-order valence-corrected chi connectivity index (χ2v) is 6.44. The average molecular weight is 298 g/mol. The van der Waals surface area contributed by atoms with E-state index < -0.39 is 0 Å². The summed E-state index contributed by atoms with van der Waals surface area (Å²) >= 11 is 5.18. The van der Waals surface area contributed by atoms with Gasteiger partial charge in [-0.3, -0.25) is 0 Å². The fraction of sp³-hybridized carbons (Fsp3) is 0.455. The Labute approximate surface area is 106 Å². The van der Waals surface area contributed by atoms with Gasteiger partial charge in [0.05, 0.1) is 9.17 Å². The maximum Gasteiger partial charge on any atom is 0.138 e. The van der Waals surface area contributed by atoms with Crippen molar-refractivity contribution >= 4 is 43.3 Å². The third-order valence-electron chi connectivity index (χ3n) is 2.64. The second-order valence-electron chi connectivity index (χ2n) is 4.03. The van der Waals surface area contributed by atoms with E-state index in [2.05, 4.69) is 44.2 Å². The van der Waals surface area contributed by atoms with Crippen molar-refractivity contribution in [1.82, 2.24) is 9.97 Å². The first-order chi connectivity index (χ1) is 7.76. The van der Waals surface area contributed by atoms with Crippen LogP contribution >= 0.6 is 27.3 Å². The molecule has 2 heterocycles. The number of hydrogen-bond acceptors (Lipinski definition) is 4. The molecule has 0 saturated heterocycles. The summed E-state index contributed by atoms with van der Waals surface area (Å²) in [7, 11) is 0. The molecule has 1 saturated carbocycles. The first-order valence-corrected chi connectivity index (χ1v) is 7.09. The highest BCUT2D eigenvalue weighted by Gasteiger charge is 2.23. The van der Waals surface area contributed by atoms with Crippen LogP contribution in [0.5, 0.6) is 0 Å². The third-order valence-corrected chi connectivity index (χ3v) is 4.18. The van der Waals surface area contributed by atoms with Crippen molar-refractivity contribution in [3.8, 4) is 0 Å². The zero-order chi connectivity index (χ0) is 11.1. The Balaban J connectivity index is 2.12. The van der Waals surface area contributed by atoms with Crippen molar-refractivity contribution in [2.45, 2.75) is 32.2 Å². The molecule has 0 radical (unpaired) electrons. The Morgan fingerprint density at radius 2 is 2.31 bits per heavy atom. The molecule has 16 heavy (non-hydrogen) atoms. The number of fused-ring (bicyclic) bond motifs is 1. The minimum atomic E-state index is 0.626. The molecule has 3 nitrogen and oxygen atoms in total. The number of nitrogens with zero attached hydrogens (tertiary/aromatic N) is 2. The van der Waals surface area contributed by atoms with E-state index in [-0.39, 0.29) is 0 Å². The standard InChI is InChI=1S/C11H12BrN3S/c1-2-9-14-10(13-6-3-4-6)7-5-8(12)16-11(7)15-9/h5-6H,2-4H2,1H3,(H,13,14,15). The van der Waals surface area contributed by atoms with Gasteiger partial charge in [0.15, 0.2) is 0 Å². The molecule has 84 valence electrons. The van der Waals surface area contributed by atoms with Crippen LogP contribution in [0, 0.1) is 0 Å². The molecule has 0 aliphatic heterocycles. The number of hydrogen-bond donors (Lipinski definition) is 1. The quantitative estimate of drug-likeness (QED) is 0.941. The van der Waals surface area contributed by atoms with Crippen molar-refractivity contribution in [2.75, 3.05) is 5.32 Å². The van der Waals surface area contributed by atoms with Gasteiger partial charge in [0.2, 0.25) is 0 Å². The summed E-state index contributed by atoms with van der Waals surface area (Å²) in [4.78, 5) is 10.2. The van der Waals surface area contributed by atoms with Gasteiger partial charge in [-0.2, -0.15) is 0 Å². The Bertz CT molecular complexity index is 533. The molecule has 0 atom stereocenters. The fourth-order valence-electron chi connectivity index (χ4n) is 1.63. The summed E-state index contributed by atoms with van der Waals surface area (Å²) in [5, 5.41) is 4.62. The molecule has 3 rings (SSSR count). The highest BCUT2D eigenvalue weighted by Crippen LogP contribution is 2.34. The highest BCUT2D eigenvalue weighted by atomic mass is 79.9. The van der Waals surface area contributed by atoms with E-state index in [1.165, 1.54) is 12.8 Å². The van der Waals surface area contributed by atoms with Crippen LogP contribution in [-0.4, -0.2) is 16.0 Å². The van der Waals surface area contributed by atoms with Gasteiger partial charge in [-0.15, -0.1) is 11.3 Å². The van der Waals surface area contributed by atoms with Gasteiger partial charge in [0, 0.05) is 12.5 Å². The molecule has 1 aliphatic rings. The summed E-state index contributed by atoms with van der Waals surface area (Å²) in [6.07, 6.45) is 3.40. The van der Waals surface area contributed by atoms with E-state index in [0.717, 1.165) is 32.1 Å². The van der Waals surface area contributed by atoms with Crippen LogP contribution in [0.25, 0.3) is 10.2 Å². The molecule has 2 aromatic rings. The number of thiophene rings is 1. The lowest BCUT2D eigenvalue weighted by molar-refractivity contribution is 0.956. The van der Waals surface area contributed by atoms with E-state index in [1.54, 1.807) is 11.3 Å². The molecular formula is C11H12BrN3S. The molecular weight excluding hydrogens is 286 g/mol. The Hall–Kier alpha value is -0.680. The third kappa shape index (κ3) is 1.94.